The van der Waals surface area contributed by atoms with Gasteiger partial charge in [0.2, 0.25) is 0 Å². The minimum Gasteiger partial charge on any atom is -0.741 e. The molecule has 0 aliphatic rings. The van der Waals surface area contributed by atoms with Gasteiger partial charge in [-0.1, -0.05) is 18.2 Å². The minimum absolute atomic E-state index is 0.0126. The van der Waals surface area contributed by atoms with Crippen molar-refractivity contribution >= 4 is 32.7 Å². The van der Waals surface area contributed by atoms with Crippen molar-refractivity contribution in [3.05, 3.63) is 65.3 Å². The highest BCUT2D eigenvalue weighted by molar-refractivity contribution is 14.1. The number of hydrogen-bond acceptors (Lipinski definition) is 3. The Bertz CT molecular complexity index is 687. The van der Waals surface area contributed by atoms with Gasteiger partial charge in [-0.05, 0) is 59.0 Å². The Labute approximate surface area is 150 Å². The predicted octanol–water partition coefficient (Wildman–Crippen LogP) is 0.471. The third-order valence-electron chi connectivity index (χ3n) is 2.04. The highest BCUT2D eigenvalue weighted by Gasteiger charge is 2.36. The van der Waals surface area contributed by atoms with E-state index in [2.05, 4.69) is 77.2 Å². The van der Waals surface area contributed by atoms with Crippen LogP contribution in [0.4, 0.5) is 13.2 Å². The third kappa shape index (κ3) is 7.24. The van der Waals surface area contributed by atoms with Crippen molar-refractivity contribution in [2.24, 2.45) is 0 Å². The van der Waals surface area contributed by atoms with E-state index in [1.165, 1.54) is 10.7 Å². The summed E-state index contributed by atoms with van der Waals surface area (Å²) in [6.45, 7) is 0. The number of alkyl halides is 3. The third-order valence-corrected chi connectivity index (χ3v) is 6.01. The average Bonchev–Trinajstić information content (AvgIpc) is 2.41. The van der Waals surface area contributed by atoms with Crippen molar-refractivity contribution in [3.63, 3.8) is 0 Å². The molecule has 2 aromatic carbocycles. The van der Waals surface area contributed by atoms with Gasteiger partial charge in [-0.25, -0.2) is 8.42 Å². The molecule has 120 valence electrons. The van der Waals surface area contributed by atoms with Crippen molar-refractivity contribution in [2.75, 3.05) is 0 Å². The summed E-state index contributed by atoms with van der Waals surface area (Å²) >= 11 is 2.35. The van der Waals surface area contributed by atoms with Gasteiger partial charge >= 0.3 is 26.7 Å². The van der Waals surface area contributed by atoms with Crippen LogP contribution < -0.4 is 21.2 Å². The van der Waals surface area contributed by atoms with E-state index in [1.54, 1.807) is 0 Å². The van der Waals surface area contributed by atoms with Crippen LogP contribution in [0.25, 0.3) is 0 Å². The van der Waals surface area contributed by atoms with E-state index in [9.17, 15) is 13.2 Å². The van der Waals surface area contributed by atoms with Gasteiger partial charge in [0.05, 0.1) is 0 Å². The second-order valence-electron chi connectivity index (χ2n) is 3.73. The summed E-state index contributed by atoms with van der Waals surface area (Å²) in [6, 6.07) is 19.6. The van der Waals surface area contributed by atoms with Gasteiger partial charge in [-0.2, -0.15) is 13.2 Å². The molecule has 0 N–H and O–H groups in total. The summed E-state index contributed by atoms with van der Waals surface area (Å²) in [7, 11) is -6.09. The second-order valence-corrected chi connectivity index (χ2v) is 9.37. The highest BCUT2D eigenvalue weighted by Crippen LogP contribution is 2.20. The summed E-state index contributed by atoms with van der Waals surface area (Å²) in [5, 5.41) is 0. The van der Waals surface area contributed by atoms with Gasteiger partial charge in [0.15, 0.2) is 17.3 Å². The fourth-order valence-corrected chi connectivity index (χ4v) is 3.67. The number of rotatable bonds is 2. The summed E-state index contributed by atoms with van der Waals surface area (Å²) in [5.41, 5.74) is -5.65. The largest absolute Gasteiger partial charge is 0.741 e. The van der Waals surface area contributed by atoms with Crippen LogP contribution in [-0.2, 0) is 10.1 Å². The van der Waals surface area contributed by atoms with Crippen LogP contribution in [0.2, 0.25) is 0 Å². The molecule has 0 unspecified atom stereocenters. The second kappa shape index (κ2) is 8.45. The molecule has 0 aliphatic heterocycles. The first-order valence-corrected chi connectivity index (χ1v) is 10.2. The molecule has 0 heterocycles. The Balaban J connectivity index is 0.000000261. The Morgan fingerprint density at radius 1 is 0.909 bits per heavy atom. The SMILES string of the molecule is Ic1ccc([I+]c2ccccc2)cc1.O=S(=O)([O-])C(F)(F)F. The summed E-state index contributed by atoms with van der Waals surface area (Å²) in [6.07, 6.45) is 0. The summed E-state index contributed by atoms with van der Waals surface area (Å²) < 4.78 is 63.2. The van der Waals surface area contributed by atoms with E-state index in [-0.39, 0.29) is 21.2 Å². The Morgan fingerprint density at radius 2 is 1.32 bits per heavy atom. The molecular weight excluding hydrogens is 547 g/mol. The fraction of sp³-hybridized carbons (Fsp3) is 0.0769. The first kappa shape index (κ1) is 19.6. The van der Waals surface area contributed by atoms with Crippen LogP contribution >= 0.6 is 22.6 Å². The topological polar surface area (TPSA) is 57.2 Å². The standard InChI is InChI=1S/C12H9I2.CHF3O3S/c13-10-6-8-12(9-7-10)14-11-4-2-1-3-5-11;2-1(3,4)8(5,6)7/h1-9H;(H,5,6,7)/q+1;/p-1. The van der Waals surface area contributed by atoms with Crippen LogP contribution in [0, 0.1) is 10.7 Å². The molecule has 0 amide bonds. The molecule has 0 saturated heterocycles. The normalized spacial score (nSPS) is 11.5. The molecule has 0 saturated carbocycles. The minimum atomic E-state index is -6.09. The van der Waals surface area contributed by atoms with Crippen molar-refractivity contribution in [3.8, 4) is 0 Å². The lowest BCUT2D eigenvalue weighted by molar-refractivity contribution is -0.597. The van der Waals surface area contributed by atoms with E-state index in [1.807, 2.05) is 0 Å². The monoisotopic (exact) mass is 556 g/mol. The van der Waals surface area contributed by atoms with Crippen LogP contribution in [0.5, 0.6) is 0 Å². The maximum Gasteiger partial charge on any atom is 0.485 e. The Kier molecular flexibility index (Phi) is 7.55. The van der Waals surface area contributed by atoms with Gasteiger partial charge in [0.1, 0.15) is 0 Å². The van der Waals surface area contributed by atoms with Crippen LogP contribution in [-0.4, -0.2) is 18.5 Å². The van der Waals surface area contributed by atoms with Gasteiger partial charge in [0.25, 0.3) is 0 Å². The quantitative estimate of drug-likeness (QED) is 0.308. The lowest BCUT2D eigenvalue weighted by Gasteiger charge is -2.08. The molecule has 2 aromatic rings. The zero-order valence-electron chi connectivity index (χ0n) is 10.7. The molecular formula is C13H9F3I2O3S. The van der Waals surface area contributed by atoms with Crippen molar-refractivity contribution < 1.29 is 47.3 Å². The summed E-state index contributed by atoms with van der Waals surface area (Å²) in [4.78, 5) is 0. The van der Waals surface area contributed by atoms with Gasteiger partial charge in [0, 0.05) is 3.57 Å². The molecule has 2 rings (SSSR count). The molecule has 3 nitrogen and oxygen atoms in total. The zero-order chi connectivity index (χ0) is 16.8. The number of benzene rings is 2. The molecule has 0 atom stereocenters. The van der Waals surface area contributed by atoms with Gasteiger partial charge in [-0.15, -0.1) is 0 Å². The first-order valence-electron chi connectivity index (χ1n) is 5.57. The van der Waals surface area contributed by atoms with E-state index < -0.39 is 15.6 Å². The zero-order valence-corrected chi connectivity index (χ0v) is 15.9. The number of halogens is 5. The molecule has 0 aliphatic carbocycles. The number of hydrogen-bond donors (Lipinski definition) is 0. The predicted molar refractivity (Wildman–Crippen MR) is 78.7 cm³/mol. The van der Waals surface area contributed by atoms with Gasteiger partial charge in [-0.3, -0.25) is 0 Å². The smallest absolute Gasteiger partial charge is 0.485 e. The van der Waals surface area contributed by atoms with E-state index >= 15 is 0 Å². The average molecular weight is 556 g/mol. The maximum atomic E-state index is 10.7. The van der Waals surface area contributed by atoms with E-state index in [0.29, 0.717) is 0 Å². The molecule has 0 spiro atoms. The molecule has 22 heavy (non-hydrogen) atoms. The van der Waals surface area contributed by atoms with E-state index in [4.69, 9.17) is 13.0 Å². The van der Waals surface area contributed by atoms with Gasteiger partial charge < -0.3 is 4.55 Å². The Morgan fingerprint density at radius 3 is 1.73 bits per heavy atom. The van der Waals surface area contributed by atoms with Crippen LogP contribution in [0.3, 0.4) is 0 Å². The first-order chi connectivity index (χ1) is 10.1. The lowest BCUT2D eigenvalue weighted by Crippen LogP contribution is -3.61. The van der Waals surface area contributed by atoms with Crippen molar-refractivity contribution in [1.82, 2.24) is 0 Å². The van der Waals surface area contributed by atoms with Crippen molar-refractivity contribution in [1.29, 1.82) is 0 Å². The molecule has 0 radical (unpaired) electrons. The molecule has 0 bridgehead atoms. The molecule has 9 heteroatoms. The Hall–Kier alpha value is -0.400. The van der Waals surface area contributed by atoms with E-state index in [0.717, 1.165) is 0 Å². The lowest BCUT2D eigenvalue weighted by atomic mass is 10.4. The summed E-state index contributed by atoms with van der Waals surface area (Å²) in [5.74, 6) is 0. The van der Waals surface area contributed by atoms with Crippen molar-refractivity contribution in [2.45, 2.75) is 5.51 Å². The molecule has 0 fully saturated rings. The highest BCUT2D eigenvalue weighted by atomic mass is 127. The maximum absolute atomic E-state index is 10.7. The van der Waals surface area contributed by atoms with Crippen LogP contribution in [0.15, 0.2) is 54.6 Å². The molecule has 0 aromatic heterocycles. The fourth-order valence-electron chi connectivity index (χ4n) is 1.10. The van der Waals surface area contributed by atoms with Crippen LogP contribution in [0.1, 0.15) is 0 Å².